The van der Waals surface area contributed by atoms with Gasteiger partial charge in [0.25, 0.3) is 0 Å². The van der Waals surface area contributed by atoms with Gasteiger partial charge in [0.1, 0.15) is 5.75 Å². The molecule has 1 aromatic carbocycles. The van der Waals surface area contributed by atoms with Gasteiger partial charge in [-0.15, -0.1) is 12.4 Å². The summed E-state index contributed by atoms with van der Waals surface area (Å²) >= 11 is 0. The highest BCUT2D eigenvalue weighted by Gasteiger charge is 2.22. The van der Waals surface area contributed by atoms with Crippen LogP contribution in [-0.2, 0) is 4.79 Å². The van der Waals surface area contributed by atoms with E-state index >= 15 is 0 Å². The topological polar surface area (TPSA) is 79.4 Å². The van der Waals surface area contributed by atoms with Gasteiger partial charge >= 0.3 is 5.97 Å². The summed E-state index contributed by atoms with van der Waals surface area (Å²) in [5, 5.41) is 7.36. The molecule has 2 rings (SSSR count). The van der Waals surface area contributed by atoms with Gasteiger partial charge in [-0.25, -0.2) is 0 Å². The molecule has 1 fully saturated rings. The molecule has 0 spiro atoms. The van der Waals surface area contributed by atoms with Crippen molar-refractivity contribution in [2.24, 2.45) is 11.7 Å². The third kappa shape index (κ3) is 4.74. The van der Waals surface area contributed by atoms with Gasteiger partial charge < -0.3 is 15.4 Å². The van der Waals surface area contributed by atoms with Crippen molar-refractivity contribution in [3.8, 4) is 5.75 Å². The molecule has 0 unspecified atom stereocenters. The van der Waals surface area contributed by atoms with E-state index in [0.29, 0.717) is 18.1 Å². The van der Waals surface area contributed by atoms with E-state index in [1.165, 1.54) is 0 Å². The first-order valence-corrected chi connectivity index (χ1v) is 6.50. The number of nitrogens with zero attached hydrogens (tertiary/aromatic N) is 1. The van der Waals surface area contributed by atoms with E-state index in [2.05, 4.69) is 0 Å². The summed E-state index contributed by atoms with van der Waals surface area (Å²) in [4.78, 5) is 13.6. The van der Waals surface area contributed by atoms with Crippen molar-refractivity contribution in [1.29, 1.82) is 5.41 Å². The summed E-state index contributed by atoms with van der Waals surface area (Å²) in [7, 11) is 0. The molecule has 3 N–H and O–H groups in total. The molecule has 0 bridgehead atoms. The van der Waals surface area contributed by atoms with Gasteiger partial charge in [-0.2, -0.15) is 0 Å². The minimum Gasteiger partial charge on any atom is -0.427 e. The zero-order valence-electron chi connectivity index (χ0n) is 11.2. The number of carbonyl (C=O) groups is 1. The van der Waals surface area contributed by atoms with Crippen molar-refractivity contribution in [1.82, 2.24) is 4.90 Å². The van der Waals surface area contributed by atoms with Crippen molar-refractivity contribution in [2.45, 2.75) is 19.3 Å². The second kappa shape index (κ2) is 7.75. The number of hydrogen-bond acceptors (Lipinski definition) is 3. The average Bonchev–Trinajstić information content (AvgIpc) is 2.40. The monoisotopic (exact) mass is 297 g/mol. The molecular formula is C14H20ClN3O2. The maximum absolute atomic E-state index is 11.8. The van der Waals surface area contributed by atoms with E-state index in [0.717, 1.165) is 25.9 Å². The molecule has 1 aliphatic rings. The smallest absolute Gasteiger partial charge is 0.311 e. The number of rotatable bonds is 3. The molecule has 5 nitrogen and oxygen atoms in total. The third-order valence-electron chi connectivity index (χ3n) is 3.39. The van der Waals surface area contributed by atoms with Crippen LogP contribution in [0.5, 0.6) is 5.75 Å². The van der Waals surface area contributed by atoms with E-state index in [9.17, 15) is 4.79 Å². The number of likely N-dealkylation sites (tertiary alicyclic amines) is 1. The predicted octanol–water partition coefficient (Wildman–Crippen LogP) is 2.01. The predicted molar refractivity (Wildman–Crippen MR) is 80.2 cm³/mol. The Morgan fingerprint density at radius 2 is 1.90 bits per heavy atom. The number of ether oxygens (including phenoxy) is 1. The molecule has 20 heavy (non-hydrogen) atoms. The number of halogens is 1. The Morgan fingerprint density at radius 1 is 1.30 bits per heavy atom. The zero-order valence-corrected chi connectivity index (χ0v) is 12.1. The summed E-state index contributed by atoms with van der Waals surface area (Å²) in [6.45, 7) is 1.50. The summed E-state index contributed by atoms with van der Waals surface area (Å²) < 4.78 is 5.27. The maximum Gasteiger partial charge on any atom is 0.311 e. The van der Waals surface area contributed by atoms with Gasteiger partial charge in [-0.1, -0.05) is 18.2 Å². The van der Waals surface area contributed by atoms with E-state index in [4.69, 9.17) is 15.9 Å². The number of nitrogens with two attached hydrogens (primary N) is 1. The molecule has 0 amide bonds. The van der Waals surface area contributed by atoms with Gasteiger partial charge in [0.05, 0.1) is 0 Å². The summed E-state index contributed by atoms with van der Waals surface area (Å²) in [6, 6.07) is 9.11. The maximum atomic E-state index is 11.8. The number of para-hydroxylation sites is 1. The molecule has 110 valence electrons. The van der Waals surface area contributed by atoms with Crippen molar-refractivity contribution >= 4 is 24.3 Å². The zero-order chi connectivity index (χ0) is 13.7. The highest BCUT2D eigenvalue weighted by Crippen LogP contribution is 2.21. The lowest BCUT2D eigenvalue weighted by molar-refractivity contribution is -0.135. The van der Waals surface area contributed by atoms with Crippen LogP contribution in [0, 0.1) is 11.3 Å². The largest absolute Gasteiger partial charge is 0.427 e. The molecule has 1 aromatic rings. The number of nitrogens with one attached hydrogen (secondary N) is 1. The van der Waals surface area contributed by atoms with Crippen LogP contribution in [0.25, 0.3) is 0 Å². The van der Waals surface area contributed by atoms with Crippen molar-refractivity contribution in [2.75, 3.05) is 13.1 Å². The first-order chi connectivity index (χ1) is 9.15. The lowest BCUT2D eigenvalue weighted by Crippen LogP contribution is -2.42. The van der Waals surface area contributed by atoms with Crippen LogP contribution in [0.3, 0.4) is 0 Å². The summed E-state index contributed by atoms with van der Waals surface area (Å²) in [6.07, 6.45) is 2.19. The fourth-order valence-electron chi connectivity index (χ4n) is 2.28. The first-order valence-electron chi connectivity index (χ1n) is 6.50. The standard InChI is InChI=1S/C14H19N3O2.ClH/c15-14(16)17-8-6-11(7-9-17)10-13(18)19-12-4-2-1-3-5-12;/h1-5,11H,6-10H2,(H3,15,16);1H. The molecule has 0 saturated carbocycles. The summed E-state index contributed by atoms with van der Waals surface area (Å²) in [5.74, 6) is 0.846. The number of benzene rings is 1. The number of carbonyl (C=O) groups excluding carboxylic acids is 1. The lowest BCUT2D eigenvalue weighted by atomic mass is 9.94. The molecule has 6 heteroatoms. The van der Waals surface area contributed by atoms with Gasteiger partial charge in [-0.05, 0) is 30.9 Å². The van der Waals surface area contributed by atoms with Crippen molar-refractivity contribution < 1.29 is 9.53 Å². The Labute approximate surface area is 125 Å². The summed E-state index contributed by atoms with van der Waals surface area (Å²) in [5.41, 5.74) is 5.43. The fraction of sp³-hybridized carbons (Fsp3) is 0.429. The minimum absolute atomic E-state index is 0. The van der Waals surface area contributed by atoms with Gasteiger partial charge in [-0.3, -0.25) is 10.2 Å². The van der Waals surface area contributed by atoms with Crippen LogP contribution in [0.1, 0.15) is 19.3 Å². The van der Waals surface area contributed by atoms with Crippen LogP contribution in [0.15, 0.2) is 30.3 Å². The van der Waals surface area contributed by atoms with Crippen LogP contribution in [0.4, 0.5) is 0 Å². The number of esters is 1. The molecular weight excluding hydrogens is 278 g/mol. The van der Waals surface area contributed by atoms with Gasteiger partial charge in [0.2, 0.25) is 0 Å². The van der Waals surface area contributed by atoms with Gasteiger partial charge in [0.15, 0.2) is 5.96 Å². The van der Waals surface area contributed by atoms with Crippen LogP contribution in [0.2, 0.25) is 0 Å². The number of guanidine groups is 1. The Morgan fingerprint density at radius 3 is 2.45 bits per heavy atom. The molecule has 1 heterocycles. The van der Waals surface area contributed by atoms with Crippen LogP contribution >= 0.6 is 12.4 Å². The van der Waals surface area contributed by atoms with Gasteiger partial charge in [0, 0.05) is 19.5 Å². The molecule has 0 atom stereocenters. The highest BCUT2D eigenvalue weighted by molar-refractivity contribution is 5.85. The number of piperidine rings is 1. The fourth-order valence-corrected chi connectivity index (χ4v) is 2.28. The Kier molecular flexibility index (Phi) is 6.31. The SMILES string of the molecule is Cl.N=C(N)N1CCC(CC(=O)Oc2ccccc2)CC1. The molecule has 1 aliphatic heterocycles. The normalized spacial score (nSPS) is 15.3. The highest BCUT2D eigenvalue weighted by atomic mass is 35.5. The Bertz CT molecular complexity index is 445. The van der Waals surface area contributed by atoms with Crippen LogP contribution in [-0.4, -0.2) is 29.9 Å². The quantitative estimate of drug-likeness (QED) is 0.387. The first kappa shape index (κ1) is 16.3. The second-order valence-electron chi connectivity index (χ2n) is 4.81. The van der Waals surface area contributed by atoms with E-state index in [-0.39, 0.29) is 24.3 Å². The Balaban J connectivity index is 0.00000200. The Hall–Kier alpha value is -1.75. The van der Waals surface area contributed by atoms with E-state index in [1.807, 2.05) is 23.1 Å². The van der Waals surface area contributed by atoms with Crippen molar-refractivity contribution in [3.63, 3.8) is 0 Å². The molecule has 1 saturated heterocycles. The third-order valence-corrected chi connectivity index (χ3v) is 3.39. The average molecular weight is 298 g/mol. The van der Waals surface area contributed by atoms with Crippen LogP contribution < -0.4 is 10.5 Å². The molecule has 0 radical (unpaired) electrons. The molecule has 0 aliphatic carbocycles. The van der Waals surface area contributed by atoms with E-state index in [1.54, 1.807) is 12.1 Å². The second-order valence-corrected chi connectivity index (χ2v) is 4.81. The lowest BCUT2D eigenvalue weighted by Gasteiger charge is -2.31. The molecule has 0 aromatic heterocycles. The van der Waals surface area contributed by atoms with Crippen molar-refractivity contribution in [3.05, 3.63) is 30.3 Å². The minimum atomic E-state index is -0.188. The van der Waals surface area contributed by atoms with E-state index < -0.39 is 0 Å². The number of hydrogen-bond donors (Lipinski definition) is 2.